The van der Waals surface area contributed by atoms with Gasteiger partial charge in [-0.25, -0.2) is 0 Å². The van der Waals surface area contributed by atoms with Crippen LogP contribution >= 0.6 is 15.9 Å². The van der Waals surface area contributed by atoms with Crippen LogP contribution in [0.2, 0.25) is 0 Å². The Bertz CT molecular complexity index is 580. The van der Waals surface area contributed by atoms with Gasteiger partial charge in [-0.3, -0.25) is 0 Å². The number of benzene rings is 2. The van der Waals surface area contributed by atoms with E-state index in [1.165, 1.54) is 5.56 Å². The molecule has 2 atom stereocenters. The van der Waals surface area contributed by atoms with Gasteiger partial charge in [0.2, 0.25) is 0 Å². The average molecular weight is 334 g/mol. The molecule has 0 bridgehead atoms. The summed E-state index contributed by atoms with van der Waals surface area (Å²) in [5, 5.41) is 10.7. The van der Waals surface area contributed by atoms with E-state index < -0.39 is 6.10 Å². The van der Waals surface area contributed by atoms with Gasteiger partial charge in [0.15, 0.2) is 0 Å². The van der Waals surface area contributed by atoms with Crippen molar-refractivity contribution in [2.24, 2.45) is 5.73 Å². The summed E-state index contributed by atoms with van der Waals surface area (Å²) in [7, 11) is 0. The van der Waals surface area contributed by atoms with E-state index in [0.29, 0.717) is 6.54 Å². The molecule has 0 saturated carbocycles. The Morgan fingerprint density at radius 1 is 1.10 bits per heavy atom. The first-order valence-corrected chi connectivity index (χ1v) is 7.53. The lowest BCUT2D eigenvalue weighted by atomic mass is 9.87. The van der Waals surface area contributed by atoms with Crippen LogP contribution in [-0.2, 0) is 0 Å². The highest BCUT2D eigenvalue weighted by Gasteiger charge is 2.23. The molecule has 0 fully saturated rings. The van der Waals surface area contributed by atoms with Crippen molar-refractivity contribution in [2.75, 3.05) is 6.54 Å². The van der Waals surface area contributed by atoms with Crippen LogP contribution in [0.5, 0.6) is 0 Å². The number of aryl methyl sites for hydroxylation is 2. The van der Waals surface area contributed by atoms with Crippen LogP contribution in [0.4, 0.5) is 0 Å². The molecule has 2 aromatic carbocycles. The SMILES string of the molecule is Cc1ccc(C(CN)C(O)c2cc(Br)ccc2C)cc1. The Labute approximate surface area is 128 Å². The zero-order chi connectivity index (χ0) is 14.7. The van der Waals surface area contributed by atoms with Crippen LogP contribution in [0.25, 0.3) is 0 Å². The first-order valence-electron chi connectivity index (χ1n) is 6.73. The second-order valence-electron chi connectivity index (χ2n) is 5.20. The molecule has 2 unspecified atom stereocenters. The van der Waals surface area contributed by atoms with Crippen molar-refractivity contribution in [3.05, 3.63) is 69.2 Å². The van der Waals surface area contributed by atoms with Gasteiger partial charge in [0.05, 0.1) is 6.10 Å². The zero-order valence-electron chi connectivity index (χ0n) is 11.8. The molecule has 0 saturated heterocycles. The van der Waals surface area contributed by atoms with E-state index in [0.717, 1.165) is 21.2 Å². The summed E-state index contributed by atoms with van der Waals surface area (Å²) in [5.41, 5.74) is 10.2. The molecule has 106 valence electrons. The van der Waals surface area contributed by atoms with Gasteiger partial charge in [0.1, 0.15) is 0 Å². The standard InChI is InChI=1S/C17H20BrNO/c1-11-3-6-13(7-4-11)16(10-19)17(20)15-9-14(18)8-5-12(15)2/h3-9,16-17,20H,10,19H2,1-2H3. The largest absolute Gasteiger partial charge is 0.388 e. The Morgan fingerprint density at radius 3 is 2.35 bits per heavy atom. The lowest BCUT2D eigenvalue weighted by Crippen LogP contribution is -2.20. The molecule has 3 heteroatoms. The van der Waals surface area contributed by atoms with Crippen molar-refractivity contribution < 1.29 is 5.11 Å². The van der Waals surface area contributed by atoms with Crippen LogP contribution in [0, 0.1) is 13.8 Å². The third kappa shape index (κ3) is 3.29. The number of aliphatic hydroxyl groups excluding tert-OH is 1. The van der Waals surface area contributed by atoms with Gasteiger partial charge in [-0.2, -0.15) is 0 Å². The molecular weight excluding hydrogens is 314 g/mol. The van der Waals surface area contributed by atoms with Crippen LogP contribution in [0.3, 0.4) is 0 Å². The van der Waals surface area contributed by atoms with E-state index >= 15 is 0 Å². The lowest BCUT2D eigenvalue weighted by Gasteiger charge is -2.24. The zero-order valence-corrected chi connectivity index (χ0v) is 13.4. The summed E-state index contributed by atoms with van der Waals surface area (Å²) in [5.74, 6) is -0.0939. The summed E-state index contributed by atoms with van der Waals surface area (Å²) in [6, 6.07) is 14.2. The average Bonchev–Trinajstić information content (AvgIpc) is 2.44. The van der Waals surface area contributed by atoms with E-state index in [2.05, 4.69) is 35.0 Å². The Morgan fingerprint density at radius 2 is 1.75 bits per heavy atom. The van der Waals surface area contributed by atoms with Crippen LogP contribution < -0.4 is 5.73 Å². The smallest absolute Gasteiger partial charge is 0.0873 e. The minimum atomic E-state index is -0.597. The summed E-state index contributed by atoms with van der Waals surface area (Å²) in [6.07, 6.45) is -0.597. The minimum Gasteiger partial charge on any atom is -0.388 e. The van der Waals surface area contributed by atoms with Gasteiger partial charge in [0.25, 0.3) is 0 Å². The third-order valence-electron chi connectivity index (χ3n) is 3.70. The fourth-order valence-electron chi connectivity index (χ4n) is 2.41. The van der Waals surface area contributed by atoms with Gasteiger partial charge in [0, 0.05) is 16.9 Å². The normalized spacial score (nSPS) is 14.1. The molecule has 0 aliphatic carbocycles. The maximum absolute atomic E-state index is 10.7. The minimum absolute atomic E-state index is 0.0939. The van der Waals surface area contributed by atoms with Crippen molar-refractivity contribution in [3.8, 4) is 0 Å². The summed E-state index contributed by atoms with van der Waals surface area (Å²) >= 11 is 3.46. The predicted octanol–water partition coefficient (Wildman–Crippen LogP) is 3.84. The number of aliphatic hydroxyl groups is 1. The molecule has 0 radical (unpaired) electrons. The molecule has 0 spiro atoms. The van der Waals surface area contributed by atoms with Gasteiger partial charge in [-0.1, -0.05) is 51.8 Å². The van der Waals surface area contributed by atoms with Crippen molar-refractivity contribution in [1.29, 1.82) is 0 Å². The highest BCUT2D eigenvalue weighted by molar-refractivity contribution is 9.10. The molecule has 2 rings (SSSR count). The topological polar surface area (TPSA) is 46.2 Å². The number of halogens is 1. The highest BCUT2D eigenvalue weighted by atomic mass is 79.9. The Kier molecular flexibility index (Phi) is 4.97. The number of nitrogens with two attached hydrogens (primary N) is 1. The summed E-state index contributed by atoms with van der Waals surface area (Å²) in [6.45, 7) is 4.47. The quantitative estimate of drug-likeness (QED) is 0.892. The van der Waals surface area contributed by atoms with Crippen LogP contribution in [0.1, 0.15) is 34.3 Å². The second-order valence-corrected chi connectivity index (χ2v) is 6.11. The van der Waals surface area contributed by atoms with E-state index in [1.807, 2.05) is 37.3 Å². The fourth-order valence-corrected chi connectivity index (χ4v) is 2.79. The molecule has 3 N–H and O–H groups in total. The highest BCUT2D eigenvalue weighted by Crippen LogP contribution is 2.33. The molecule has 0 amide bonds. The molecular formula is C17H20BrNO. The third-order valence-corrected chi connectivity index (χ3v) is 4.19. The van der Waals surface area contributed by atoms with Crippen LogP contribution in [0.15, 0.2) is 46.9 Å². The maximum Gasteiger partial charge on any atom is 0.0873 e. The number of hydrogen-bond acceptors (Lipinski definition) is 2. The molecule has 0 aliphatic rings. The van der Waals surface area contributed by atoms with Gasteiger partial charge >= 0.3 is 0 Å². The first-order chi connectivity index (χ1) is 9.52. The maximum atomic E-state index is 10.7. The molecule has 0 aromatic heterocycles. The second kappa shape index (κ2) is 6.53. The lowest BCUT2D eigenvalue weighted by molar-refractivity contribution is 0.146. The van der Waals surface area contributed by atoms with E-state index in [-0.39, 0.29) is 5.92 Å². The predicted molar refractivity (Wildman–Crippen MR) is 86.8 cm³/mol. The van der Waals surface area contributed by atoms with Gasteiger partial charge < -0.3 is 10.8 Å². The number of rotatable bonds is 4. The van der Waals surface area contributed by atoms with E-state index in [4.69, 9.17) is 5.73 Å². The summed E-state index contributed by atoms with van der Waals surface area (Å²) < 4.78 is 0.969. The van der Waals surface area contributed by atoms with Crippen LogP contribution in [-0.4, -0.2) is 11.7 Å². The Hall–Kier alpha value is -1.16. The molecule has 2 aromatic rings. The van der Waals surface area contributed by atoms with E-state index in [1.54, 1.807) is 0 Å². The van der Waals surface area contributed by atoms with Crippen molar-refractivity contribution >= 4 is 15.9 Å². The molecule has 2 nitrogen and oxygen atoms in total. The monoisotopic (exact) mass is 333 g/mol. The van der Waals surface area contributed by atoms with Crippen molar-refractivity contribution in [1.82, 2.24) is 0 Å². The van der Waals surface area contributed by atoms with Gasteiger partial charge in [-0.15, -0.1) is 0 Å². The van der Waals surface area contributed by atoms with Crippen molar-refractivity contribution in [2.45, 2.75) is 25.9 Å². The summed E-state index contributed by atoms with van der Waals surface area (Å²) in [4.78, 5) is 0. The first kappa shape index (κ1) is 15.2. The molecule has 20 heavy (non-hydrogen) atoms. The molecule has 0 heterocycles. The fraction of sp³-hybridized carbons (Fsp3) is 0.294. The molecule has 0 aliphatic heterocycles. The van der Waals surface area contributed by atoms with Crippen molar-refractivity contribution in [3.63, 3.8) is 0 Å². The Balaban J connectivity index is 2.35. The van der Waals surface area contributed by atoms with Gasteiger partial charge in [-0.05, 0) is 42.7 Å². The number of hydrogen-bond donors (Lipinski definition) is 2. The van der Waals surface area contributed by atoms with E-state index in [9.17, 15) is 5.11 Å².